The first-order valence-electron chi connectivity index (χ1n) is 7.87. The molecule has 0 radical (unpaired) electrons. The summed E-state index contributed by atoms with van der Waals surface area (Å²) in [6.07, 6.45) is 0. The van der Waals surface area contributed by atoms with Gasteiger partial charge in [-0.15, -0.1) is 0 Å². The predicted molar refractivity (Wildman–Crippen MR) is 90.4 cm³/mol. The van der Waals surface area contributed by atoms with Crippen molar-refractivity contribution in [2.45, 2.75) is 20.8 Å². The number of nitrogens with one attached hydrogen (secondary N) is 1. The quantitative estimate of drug-likeness (QED) is 0.944. The number of aryl methyl sites for hydroxylation is 2. The van der Waals surface area contributed by atoms with E-state index in [1.54, 1.807) is 0 Å². The minimum atomic E-state index is -0.0385. The molecule has 0 spiro atoms. The van der Waals surface area contributed by atoms with Gasteiger partial charge in [0.15, 0.2) is 0 Å². The maximum Gasteiger partial charge on any atom is 0.251 e. The number of pyridine rings is 1. The fourth-order valence-electron chi connectivity index (χ4n) is 2.74. The first-order chi connectivity index (χ1) is 11.0. The van der Waals surface area contributed by atoms with Crippen LogP contribution in [0.1, 0.15) is 28.7 Å². The molecule has 2 aromatic rings. The number of ether oxygens (including phenoxy) is 1. The molecule has 0 saturated carbocycles. The normalized spacial score (nSPS) is 15.8. The van der Waals surface area contributed by atoms with E-state index in [1.807, 2.05) is 44.2 Å². The van der Waals surface area contributed by atoms with Gasteiger partial charge in [-0.05, 0) is 37.6 Å². The largest absolute Gasteiger partial charge is 0.380 e. The number of amides is 1. The molecule has 1 N–H and O–H groups in total. The van der Waals surface area contributed by atoms with E-state index in [0.29, 0.717) is 25.3 Å². The van der Waals surface area contributed by atoms with Crippen molar-refractivity contribution in [2.24, 2.45) is 5.41 Å². The van der Waals surface area contributed by atoms with Crippen LogP contribution in [0, 0.1) is 19.3 Å². The fraction of sp³-hybridized carbons (Fsp3) is 0.368. The highest BCUT2D eigenvalue weighted by Crippen LogP contribution is 2.25. The molecule has 1 fully saturated rings. The average molecular weight is 310 g/mol. The van der Waals surface area contributed by atoms with Crippen molar-refractivity contribution in [3.05, 3.63) is 53.3 Å². The van der Waals surface area contributed by atoms with E-state index in [2.05, 4.69) is 23.3 Å². The van der Waals surface area contributed by atoms with Gasteiger partial charge in [-0.2, -0.15) is 0 Å². The Morgan fingerprint density at radius 1 is 1.17 bits per heavy atom. The second-order valence-electron chi connectivity index (χ2n) is 6.65. The number of rotatable bonds is 4. The third-order valence-electron chi connectivity index (χ3n) is 4.26. The van der Waals surface area contributed by atoms with Gasteiger partial charge in [-0.3, -0.25) is 9.78 Å². The van der Waals surface area contributed by atoms with Crippen molar-refractivity contribution in [1.29, 1.82) is 0 Å². The Morgan fingerprint density at radius 3 is 2.43 bits per heavy atom. The molecule has 0 atom stereocenters. The topological polar surface area (TPSA) is 51.2 Å². The molecule has 0 aliphatic carbocycles. The van der Waals surface area contributed by atoms with Crippen LogP contribution >= 0.6 is 0 Å². The SMILES string of the molecule is Cc1ccc(-c2ccc(C(=O)NCC3(C)COC3)cc2)c(C)n1. The lowest BCUT2D eigenvalue weighted by molar-refractivity contribution is -0.0978. The first kappa shape index (κ1) is 15.7. The third kappa shape index (κ3) is 3.42. The Hall–Kier alpha value is -2.20. The molecule has 1 aromatic heterocycles. The lowest BCUT2D eigenvalue weighted by Crippen LogP contribution is -2.48. The Balaban J connectivity index is 1.70. The Bertz CT molecular complexity index is 719. The smallest absolute Gasteiger partial charge is 0.251 e. The van der Waals surface area contributed by atoms with Crippen molar-refractivity contribution in [3.8, 4) is 11.1 Å². The van der Waals surface area contributed by atoms with Crippen LogP contribution < -0.4 is 5.32 Å². The minimum Gasteiger partial charge on any atom is -0.380 e. The molecule has 2 heterocycles. The molecular weight excluding hydrogens is 288 g/mol. The zero-order valence-corrected chi connectivity index (χ0v) is 13.8. The summed E-state index contributed by atoms with van der Waals surface area (Å²) in [6.45, 7) is 8.18. The molecule has 4 nitrogen and oxygen atoms in total. The fourth-order valence-corrected chi connectivity index (χ4v) is 2.74. The summed E-state index contributed by atoms with van der Waals surface area (Å²) in [6, 6.07) is 11.8. The van der Waals surface area contributed by atoms with E-state index in [0.717, 1.165) is 22.5 Å². The lowest BCUT2D eigenvalue weighted by atomic mass is 9.88. The highest BCUT2D eigenvalue weighted by atomic mass is 16.5. The van der Waals surface area contributed by atoms with Gasteiger partial charge in [0.2, 0.25) is 0 Å². The molecule has 1 aliphatic rings. The Morgan fingerprint density at radius 2 is 1.87 bits per heavy atom. The number of carbonyl (C=O) groups is 1. The molecule has 3 rings (SSSR count). The summed E-state index contributed by atoms with van der Waals surface area (Å²) in [7, 11) is 0. The molecule has 1 aromatic carbocycles. The van der Waals surface area contributed by atoms with Gasteiger partial charge in [-0.1, -0.05) is 25.1 Å². The molecular formula is C19H22N2O2. The number of aromatic nitrogens is 1. The van der Waals surface area contributed by atoms with E-state index in [1.165, 1.54) is 0 Å². The maximum absolute atomic E-state index is 12.2. The van der Waals surface area contributed by atoms with Crippen LogP contribution in [0.25, 0.3) is 11.1 Å². The number of hydrogen-bond acceptors (Lipinski definition) is 3. The van der Waals surface area contributed by atoms with Crippen molar-refractivity contribution in [3.63, 3.8) is 0 Å². The van der Waals surface area contributed by atoms with Crippen LogP contribution in [0.2, 0.25) is 0 Å². The third-order valence-corrected chi connectivity index (χ3v) is 4.26. The lowest BCUT2D eigenvalue weighted by Gasteiger charge is -2.38. The van der Waals surface area contributed by atoms with Gasteiger partial charge in [0.25, 0.3) is 5.91 Å². The highest BCUT2D eigenvalue weighted by Gasteiger charge is 2.33. The summed E-state index contributed by atoms with van der Waals surface area (Å²) in [5.74, 6) is -0.0385. The number of carbonyl (C=O) groups excluding carboxylic acids is 1. The zero-order chi connectivity index (χ0) is 16.4. The summed E-state index contributed by atoms with van der Waals surface area (Å²) < 4.78 is 5.20. The average Bonchev–Trinajstić information content (AvgIpc) is 2.51. The van der Waals surface area contributed by atoms with Gasteiger partial charge < -0.3 is 10.1 Å². The van der Waals surface area contributed by atoms with Gasteiger partial charge in [0.1, 0.15) is 0 Å². The molecule has 0 unspecified atom stereocenters. The molecule has 1 aliphatic heterocycles. The number of nitrogens with zero attached hydrogens (tertiary/aromatic N) is 1. The van der Waals surface area contributed by atoms with E-state index in [-0.39, 0.29) is 11.3 Å². The standard InChI is InChI=1S/C19H22N2O2/c1-13-4-9-17(14(2)21-13)15-5-7-16(8-6-15)18(22)20-10-19(3)11-23-12-19/h4-9H,10-12H2,1-3H3,(H,20,22). The molecule has 4 heteroatoms. The van der Waals surface area contributed by atoms with Crippen LogP contribution in [0.3, 0.4) is 0 Å². The van der Waals surface area contributed by atoms with Crippen molar-refractivity contribution in [1.82, 2.24) is 10.3 Å². The molecule has 1 saturated heterocycles. The van der Waals surface area contributed by atoms with E-state index < -0.39 is 0 Å². The van der Waals surface area contributed by atoms with Crippen molar-refractivity contribution in [2.75, 3.05) is 19.8 Å². The number of benzene rings is 1. The highest BCUT2D eigenvalue weighted by molar-refractivity contribution is 5.94. The van der Waals surface area contributed by atoms with E-state index >= 15 is 0 Å². The van der Waals surface area contributed by atoms with Crippen LogP contribution in [-0.4, -0.2) is 30.6 Å². The van der Waals surface area contributed by atoms with Crippen molar-refractivity contribution >= 4 is 5.91 Å². The summed E-state index contributed by atoms with van der Waals surface area (Å²) in [5.41, 5.74) is 4.94. The minimum absolute atomic E-state index is 0.0385. The molecule has 23 heavy (non-hydrogen) atoms. The number of hydrogen-bond donors (Lipinski definition) is 1. The monoisotopic (exact) mass is 310 g/mol. The molecule has 120 valence electrons. The summed E-state index contributed by atoms with van der Waals surface area (Å²) >= 11 is 0. The van der Waals surface area contributed by atoms with Crippen LogP contribution in [0.5, 0.6) is 0 Å². The molecule has 0 bridgehead atoms. The van der Waals surface area contributed by atoms with Gasteiger partial charge in [0, 0.05) is 34.5 Å². The molecule has 1 amide bonds. The maximum atomic E-state index is 12.2. The van der Waals surface area contributed by atoms with Crippen molar-refractivity contribution < 1.29 is 9.53 Å². The van der Waals surface area contributed by atoms with Crippen LogP contribution in [-0.2, 0) is 4.74 Å². The van der Waals surface area contributed by atoms with Crippen LogP contribution in [0.15, 0.2) is 36.4 Å². The second-order valence-corrected chi connectivity index (χ2v) is 6.65. The van der Waals surface area contributed by atoms with Gasteiger partial charge in [0.05, 0.1) is 13.2 Å². The summed E-state index contributed by atoms with van der Waals surface area (Å²) in [4.78, 5) is 16.7. The van der Waals surface area contributed by atoms with E-state index in [9.17, 15) is 4.79 Å². The Kier molecular flexibility index (Phi) is 4.18. The zero-order valence-electron chi connectivity index (χ0n) is 13.8. The van der Waals surface area contributed by atoms with Gasteiger partial charge >= 0.3 is 0 Å². The van der Waals surface area contributed by atoms with Crippen LogP contribution in [0.4, 0.5) is 0 Å². The Labute approximate surface area is 136 Å². The van der Waals surface area contributed by atoms with E-state index in [4.69, 9.17) is 4.74 Å². The van der Waals surface area contributed by atoms with Gasteiger partial charge in [-0.25, -0.2) is 0 Å². The first-order valence-corrected chi connectivity index (χ1v) is 7.87. The summed E-state index contributed by atoms with van der Waals surface area (Å²) in [5, 5.41) is 2.99. The predicted octanol–water partition coefficient (Wildman–Crippen LogP) is 3.13. The second kappa shape index (κ2) is 6.13.